The van der Waals surface area contributed by atoms with Gasteiger partial charge < -0.3 is 19.9 Å². The maximum atomic E-state index is 10.0. The molecule has 1 aliphatic carbocycles. The smallest absolute Gasteiger partial charge is 0.168 e. The lowest BCUT2D eigenvalue weighted by molar-refractivity contribution is -0.177. The summed E-state index contributed by atoms with van der Waals surface area (Å²) < 4.78 is 11.4. The molecule has 0 aromatic heterocycles. The van der Waals surface area contributed by atoms with Gasteiger partial charge in [0.25, 0.3) is 0 Å². The lowest BCUT2D eigenvalue weighted by atomic mass is 9.90. The number of ether oxygens (including phenoxy) is 2. The Labute approximate surface area is 113 Å². The first kappa shape index (κ1) is 12.8. The summed E-state index contributed by atoms with van der Waals surface area (Å²) in [6.07, 6.45) is 3.87. The van der Waals surface area contributed by atoms with Crippen LogP contribution < -0.4 is 5.32 Å². The third-order valence-electron chi connectivity index (χ3n) is 4.16. The first-order valence-electron chi connectivity index (χ1n) is 7.02. The zero-order valence-electron chi connectivity index (χ0n) is 11.3. The minimum atomic E-state index is -0.313. The van der Waals surface area contributed by atoms with Crippen LogP contribution in [0.25, 0.3) is 0 Å². The number of hydrogen-bond acceptors (Lipinski definition) is 4. The average molecular weight is 263 g/mol. The fraction of sp³-hybridized carbons (Fsp3) is 0.600. The number of anilines is 1. The molecule has 4 heteroatoms. The highest BCUT2D eigenvalue weighted by Gasteiger charge is 2.40. The molecule has 104 valence electrons. The molecule has 1 aliphatic heterocycles. The number of para-hydroxylation sites is 1. The van der Waals surface area contributed by atoms with E-state index in [0.29, 0.717) is 11.8 Å². The molecule has 1 saturated carbocycles. The van der Waals surface area contributed by atoms with Crippen LogP contribution >= 0.6 is 0 Å². The molecule has 0 radical (unpaired) electrons. The van der Waals surface area contributed by atoms with Crippen LogP contribution in [0.2, 0.25) is 0 Å². The van der Waals surface area contributed by atoms with E-state index in [2.05, 4.69) is 5.32 Å². The molecule has 0 bridgehead atoms. The molecule has 1 aromatic rings. The topological polar surface area (TPSA) is 50.7 Å². The molecule has 0 atom stereocenters. The number of aromatic hydroxyl groups is 1. The summed E-state index contributed by atoms with van der Waals surface area (Å²) in [7, 11) is 0. The van der Waals surface area contributed by atoms with Gasteiger partial charge in [0.2, 0.25) is 0 Å². The van der Waals surface area contributed by atoms with Crippen LogP contribution in [0.3, 0.4) is 0 Å². The third kappa shape index (κ3) is 2.55. The van der Waals surface area contributed by atoms with E-state index < -0.39 is 0 Å². The van der Waals surface area contributed by atoms with Crippen molar-refractivity contribution in [2.75, 3.05) is 18.5 Å². The van der Waals surface area contributed by atoms with Crippen LogP contribution in [0.5, 0.6) is 5.75 Å². The van der Waals surface area contributed by atoms with Gasteiger partial charge in [-0.15, -0.1) is 0 Å². The van der Waals surface area contributed by atoms with E-state index in [1.165, 1.54) is 0 Å². The first-order valence-corrected chi connectivity index (χ1v) is 7.02. The van der Waals surface area contributed by atoms with Gasteiger partial charge >= 0.3 is 0 Å². The van der Waals surface area contributed by atoms with Crippen LogP contribution in [-0.4, -0.2) is 30.1 Å². The van der Waals surface area contributed by atoms with Gasteiger partial charge in [-0.1, -0.05) is 12.1 Å². The maximum absolute atomic E-state index is 10.0. The Morgan fingerprint density at radius 1 is 1.21 bits per heavy atom. The largest absolute Gasteiger partial charge is 0.506 e. The van der Waals surface area contributed by atoms with Crippen LogP contribution in [0, 0.1) is 6.92 Å². The van der Waals surface area contributed by atoms with Gasteiger partial charge in [0.05, 0.1) is 18.9 Å². The van der Waals surface area contributed by atoms with Crippen molar-refractivity contribution in [3.8, 4) is 5.75 Å². The molecule has 0 amide bonds. The van der Waals surface area contributed by atoms with Crippen molar-refractivity contribution in [1.82, 2.24) is 0 Å². The molecule has 1 saturated heterocycles. The van der Waals surface area contributed by atoms with E-state index >= 15 is 0 Å². The number of phenolic OH excluding ortho intramolecular Hbond substituents is 1. The highest BCUT2D eigenvalue weighted by atomic mass is 16.7. The quantitative estimate of drug-likeness (QED) is 0.806. The van der Waals surface area contributed by atoms with Gasteiger partial charge in [-0.25, -0.2) is 0 Å². The standard InChI is InChI=1S/C15H21NO3/c1-11-3-2-4-13(14(11)17)16-12-5-7-15(8-6-12)18-9-10-19-15/h2-4,12,16-17H,5-10H2,1H3. The van der Waals surface area contributed by atoms with E-state index in [9.17, 15) is 5.11 Å². The Balaban J connectivity index is 1.61. The minimum absolute atomic E-state index is 0.313. The summed E-state index contributed by atoms with van der Waals surface area (Å²) in [5, 5.41) is 13.5. The van der Waals surface area contributed by atoms with E-state index in [-0.39, 0.29) is 5.79 Å². The predicted molar refractivity (Wildman–Crippen MR) is 73.4 cm³/mol. The van der Waals surface area contributed by atoms with Crippen molar-refractivity contribution >= 4 is 5.69 Å². The number of hydrogen-bond donors (Lipinski definition) is 2. The Morgan fingerprint density at radius 2 is 1.89 bits per heavy atom. The molecular weight excluding hydrogens is 242 g/mol. The molecular formula is C15H21NO3. The lowest BCUT2D eigenvalue weighted by Gasteiger charge is -2.36. The number of nitrogens with one attached hydrogen (secondary N) is 1. The summed E-state index contributed by atoms with van der Waals surface area (Å²) >= 11 is 0. The molecule has 0 unspecified atom stereocenters. The summed E-state index contributed by atoms with van der Waals surface area (Å²) in [6, 6.07) is 6.18. The molecule has 2 aliphatic rings. The van der Waals surface area contributed by atoms with Crippen LogP contribution in [0.1, 0.15) is 31.2 Å². The van der Waals surface area contributed by atoms with Crippen molar-refractivity contribution in [1.29, 1.82) is 0 Å². The highest BCUT2D eigenvalue weighted by Crippen LogP contribution is 2.37. The molecule has 2 N–H and O–H groups in total. The van der Waals surface area contributed by atoms with Crippen LogP contribution in [0.4, 0.5) is 5.69 Å². The number of aryl methyl sites for hydroxylation is 1. The molecule has 3 rings (SSSR count). The molecule has 1 aromatic carbocycles. The summed E-state index contributed by atoms with van der Waals surface area (Å²) in [5.41, 5.74) is 1.73. The fourth-order valence-electron chi connectivity index (χ4n) is 2.98. The highest BCUT2D eigenvalue weighted by molar-refractivity contribution is 5.59. The van der Waals surface area contributed by atoms with Crippen molar-refractivity contribution in [2.24, 2.45) is 0 Å². The van der Waals surface area contributed by atoms with E-state index in [1.807, 2.05) is 25.1 Å². The van der Waals surface area contributed by atoms with E-state index in [0.717, 1.165) is 50.1 Å². The molecule has 19 heavy (non-hydrogen) atoms. The number of phenols is 1. The average Bonchev–Trinajstić information content (AvgIpc) is 2.86. The maximum Gasteiger partial charge on any atom is 0.168 e. The van der Waals surface area contributed by atoms with Crippen molar-refractivity contribution < 1.29 is 14.6 Å². The van der Waals surface area contributed by atoms with Gasteiger partial charge in [-0.3, -0.25) is 0 Å². The second kappa shape index (κ2) is 5.02. The molecule has 2 fully saturated rings. The normalized spacial score (nSPS) is 22.8. The Kier molecular flexibility index (Phi) is 3.37. The van der Waals surface area contributed by atoms with Gasteiger partial charge in [0.1, 0.15) is 5.75 Å². The third-order valence-corrected chi connectivity index (χ3v) is 4.16. The van der Waals surface area contributed by atoms with Crippen molar-refractivity contribution in [3.63, 3.8) is 0 Å². The predicted octanol–water partition coefficient (Wildman–Crippen LogP) is 2.80. The van der Waals surface area contributed by atoms with Crippen molar-refractivity contribution in [2.45, 2.75) is 44.4 Å². The second-order valence-corrected chi connectivity index (χ2v) is 5.50. The fourth-order valence-corrected chi connectivity index (χ4v) is 2.98. The summed E-state index contributed by atoms with van der Waals surface area (Å²) in [5.74, 6) is 0.0449. The zero-order chi connectivity index (χ0) is 13.3. The Morgan fingerprint density at radius 3 is 2.58 bits per heavy atom. The van der Waals surface area contributed by atoms with Crippen molar-refractivity contribution in [3.05, 3.63) is 23.8 Å². The van der Waals surface area contributed by atoms with E-state index in [4.69, 9.17) is 9.47 Å². The van der Waals surface area contributed by atoms with Gasteiger partial charge in [-0.2, -0.15) is 0 Å². The Bertz CT molecular complexity index is 445. The zero-order valence-corrected chi connectivity index (χ0v) is 11.3. The SMILES string of the molecule is Cc1cccc(NC2CCC3(CC2)OCCO3)c1O. The number of benzene rings is 1. The van der Waals surface area contributed by atoms with Gasteiger partial charge in [0.15, 0.2) is 5.79 Å². The van der Waals surface area contributed by atoms with Gasteiger partial charge in [0, 0.05) is 18.9 Å². The minimum Gasteiger partial charge on any atom is -0.506 e. The van der Waals surface area contributed by atoms with Crippen LogP contribution in [-0.2, 0) is 9.47 Å². The number of rotatable bonds is 2. The summed E-state index contributed by atoms with van der Waals surface area (Å²) in [6.45, 7) is 3.35. The second-order valence-electron chi connectivity index (χ2n) is 5.50. The van der Waals surface area contributed by atoms with Crippen LogP contribution in [0.15, 0.2) is 18.2 Å². The molecule has 1 spiro atoms. The lowest BCUT2D eigenvalue weighted by Crippen LogP contribution is -2.39. The monoisotopic (exact) mass is 263 g/mol. The van der Waals surface area contributed by atoms with E-state index in [1.54, 1.807) is 0 Å². The van der Waals surface area contributed by atoms with Gasteiger partial charge in [-0.05, 0) is 31.4 Å². The Hall–Kier alpha value is -1.26. The first-order chi connectivity index (χ1) is 9.19. The molecule has 1 heterocycles. The summed E-state index contributed by atoms with van der Waals surface area (Å²) in [4.78, 5) is 0. The molecule has 4 nitrogen and oxygen atoms in total.